The van der Waals surface area contributed by atoms with Gasteiger partial charge in [0.2, 0.25) is 10.0 Å². The number of nitrogens with zero attached hydrogens (tertiary/aromatic N) is 2. The molecule has 0 N–H and O–H groups in total. The molecule has 2 aliphatic rings. The molecule has 2 aromatic rings. The second-order valence-corrected chi connectivity index (χ2v) is 10.1. The van der Waals surface area contributed by atoms with Crippen LogP contribution in [-0.4, -0.2) is 43.3 Å². The van der Waals surface area contributed by atoms with Crippen molar-refractivity contribution in [3.63, 3.8) is 0 Å². The van der Waals surface area contributed by atoms with E-state index in [0.717, 1.165) is 38.4 Å². The Morgan fingerprint density at radius 1 is 1.15 bits per heavy atom. The molecule has 0 atom stereocenters. The van der Waals surface area contributed by atoms with Crippen molar-refractivity contribution in [3.05, 3.63) is 50.9 Å². The van der Waals surface area contributed by atoms with Crippen LogP contribution in [-0.2, 0) is 23.0 Å². The third-order valence-electron chi connectivity index (χ3n) is 5.31. The predicted octanol–water partition coefficient (Wildman–Crippen LogP) is 3.75. The van der Waals surface area contributed by atoms with Crippen LogP contribution in [0.3, 0.4) is 0 Å². The SMILES string of the molecule is O=S(=O)(c1ccc(F)c(Cl)c1)N1CCC(N2CCc3sccc3C2)CC1. The lowest BCUT2D eigenvalue weighted by molar-refractivity contribution is 0.127. The minimum Gasteiger partial charge on any atom is -0.296 e. The van der Waals surface area contributed by atoms with E-state index in [4.69, 9.17) is 11.6 Å². The van der Waals surface area contributed by atoms with Gasteiger partial charge in [0.25, 0.3) is 0 Å². The number of thiophene rings is 1. The van der Waals surface area contributed by atoms with Crippen molar-refractivity contribution in [1.29, 1.82) is 0 Å². The van der Waals surface area contributed by atoms with Crippen LogP contribution in [0.4, 0.5) is 4.39 Å². The van der Waals surface area contributed by atoms with Crippen LogP contribution >= 0.6 is 22.9 Å². The summed E-state index contributed by atoms with van der Waals surface area (Å²) < 4.78 is 40.4. The second-order valence-electron chi connectivity index (χ2n) is 6.80. The molecule has 3 heterocycles. The van der Waals surface area contributed by atoms with Crippen molar-refractivity contribution in [2.75, 3.05) is 19.6 Å². The number of rotatable bonds is 3. The Balaban J connectivity index is 1.42. The molecule has 2 aliphatic heterocycles. The van der Waals surface area contributed by atoms with Crippen LogP contribution < -0.4 is 0 Å². The molecule has 0 aliphatic carbocycles. The largest absolute Gasteiger partial charge is 0.296 e. The monoisotopic (exact) mass is 414 g/mol. The van der Waals surface area contributed by atoms with Crippen LogP contribution in [0.25, 0.3) is 0 Å². The molecule has 140 valence electrons. The summed E-state index contributed by atoms with van der Waals surface area (Å²) in [4.78, 5) is 4.02. The first-order valence-corrected chi connectivity index (χ1v) is 11.4. The van der Waals surface area contributed by atoms with Gasteiger partial charge in [-0.15, -0.1) is 11.3 Å². The highest BCUT2D eigenvalue weighted by Crippen LogP contribution is 2.30. The Hall–Kier alpha value is -0.990. The summed E-state index contributed by atoms with van der Waals surface area (Å²) in [5, 5.41) is 1.98. The van der Waals surface area contributed by atoms with Gasteiger partial charge in [-0.2, -0.15) is 4.31 Å². The lowest BCUT2D eigenvalue weighted by atomic mass is 10.0. The molecule has 4 nitrogen and oxygen atoms in total. The number of sulfonamides is 1. The molecule has 0 unspecified atom stereocenters. The third kappa shape index (κ3) is 3.43. The molecular formula is C18H20ClFN2O2S2. The zero-order valence-electron chi connectivity index (χ0n) is 14.2. The first-order chi connectivity index (χ1) is 12.4. The minimum absolute atomic E-state index is 0.0586. The highest BCUT2D eigenvalue weighted by molar-refractivity contribution is 7.89. The van der Waals surface area contributed by atoms with Crippen molar-refractivity contribution < 1.29 is 12.8 Å². The minimum atomic E-state index is -3.63. The van der Waals surface area contributed by atoms with Crippen LogP contribution in [0.5, 0.6) is 0 Å². The second kappa shape index (κ2) is 7.20. The molecule has 4 rings (SSSR count). The average Bonchev–Trinajstić information content (AvgIpc) is 3.11. The quantitative estimate of drug-likeness (QED) is 0.767. The topological polar surface area (TPSA) is 40.6 Å². The molecule has 0 radical (unpaired) electrons. The van der Waals surface area contributed by atoms with Crippen molar-refractivity contribution in [2.45, 2.75) is 36.7 Å². The summed E-state index contributed by atoms with van der Waals surface area (Å²) in [6.07, 6.45) is 2.71. The Bertz CT molecular complexity index is 908. The van der Waals surface area contributed by atoms with Gasteiger partial charge in [-0.05, 0) is 54.5 Å². The van der Waals surface area contributed by atoms with Crippen LogP contribution in [0.1, 0.15) is 23.3 Å². The normalized spacial score (nSPS) is 20.2. The molecule has 1 aromatic heterocycles. The Labute approximate surface area is 162 Å². The highest BCUT2D eigenvalue weighted by atomic mass is 35.5. The summed E-state index contributed by atoms with van der Waals surface area (Å²) in [7, 11) is -3.63. The first-order valence-electron chi connectivity index (χ1n) is 8.69. The standard InChI is InChI=1S/C18H20ClFN2O2S2/c19-16-11-15(1-2-17(16)20)26(23,24)22-8-3-14(4-9-22)21-7-5-18-13(12-21)6-10-25-18/h1-2,6,10-11,14H,3-5,7-9,12H2. The summed E-state index contributed by atoms with van der Waals surface area (Å²) in [6, 6.07) is 6.19. The van der Waals surface area contributed by atoms with E-state index < -0.39 is 15.8 Å². The molecule has 1 saturated heterocycles. The Kier molecular flexibility index (Phi) is 5.09. The van der Waals surface area contributed by atoms with E-state index in [-0.39, 0.29) is 9.92 Å². The smallest absolute Gasteiger partial charge is 0.243 e. The van der Waals surface area contributed by atoms with Crippen molar-refractivity contribution in [2.24, 2.45) is 0 Å². The van der Waals surface area contributed by atoms with Gasteiger partial charge in [0.1, 0.15) is 5.82 Å². The number of piperidine rings is 1. The number of hydrogen-bond acceptors (Lipinski definition) is 4. The summed E-state index contributed by atoms with van der Waals surface area (Å²) in [5.74, 6) is -0.609. The molecule has 1 aromatic carbocycles. The molecule has 8 heteroatoms. The van der Waals surface area contributed by atoms with Gasteiger partial charge in [-0.1, -0.05) is 11.6 Å². The van der Waals surface area contributed by atoms with Gasteiger partial charge in [-0.3, -0.25) is 4.90 Å². The Morgan fingerprint density at radius 3 is 2.65 bits per heavy atom. The maximum absolute atomic E-state index is 13.3. The van der Waals surface area contributed by atoms with Gasteiger partial charge in [0.05, 0.1) is 9.92 Å². The van der Waals surface area contributed by atoms with E-state index in [2.05, 4.69) is 16.3 Å². The molecule has 0 spiro atoms. The fourth-order valence-electron chi connectivity index (χ4n) is 3.82. The lowest BCUT2D eigenvalue weighted by Gasteiger charge is -2.39. The molecular weight excluding hydrogens is 395 g/mol. The number of halogens is 2. The van der Waals surface area contributed by atoms with Crippen molar-refractivity contribution in [1.82, 2.24) is 9.21 Å². The van der Waals surface area contributed by atoms with Crippen molar-refractivity contribution >= 4 is 33.0 Å². The highest BCUT2D eigenvalue weighted by Gasteiger charge is 2.33. The maximum Gasteiger partial charge on any atom is 0.243 e. The van der Waals surface area contributed by atoms with E-state index >= 15 is 0 Å². The Morgan fingerprint density at radius 2 is 1.92 bits per heavy atom. The van der Waals surface area contributed by atoms with E-state index in [1.165, 1.54) is 26.9 Å². The predicted molar refractivity (Wildman–Crippen MR) is 102 cm³/mol. The van der Waals surface area contributed by atoms with Crippen LogP contribution in [0.15, 0.2) is 34.5 Å². The number of benzene rings is 1. The summed E-state index contributed by atoms with van der Waals surface area (Å²) in [6.45, 7) is 2.96. The number of fused-ring (bicyclic) bond motifs is 1. The zero-order valence-corrected chi connectivity index (χ0v) is 16.6. The van der Waals surface area contributed by atoms with Gasteiger partial charge in [0, 0.05) is 37.1 Å². The third-order valence-corrected chi connectivity index (χ3v) is 8.51. The maximum atomic E-state index is 13.3. The van der Waals surface area contributed by atoms with E-state index in [1.54, 1.807) is 0 Å². The molecule has 1 fully saturated rings. The van der Waals surface area contributed by atoms with Crippen LogP contribution in [0, 0.1) is 5.82 Å². The van der Waals surface area contributed by atoms with Crippen molar-refractivity contribution in [3.8, 4) is 0 Å². The molecule has 0 bridgehead atoms. The fraction of sp³-hybridized carbons (Fsp3) is 0.444. The fourth-order valence-corrected chi connectivity index (χ4v) is 6.45. The summed E-state index contributed by atoms with van der Waals surface area (Å²) in [5.41, 5.74) is 1.41. The van der Waals surface area contributed by atoms with E-state index in [0.29, 0.717) is 19.1 Å². The van der Waals surface area contributed by atoms with Gasteiger partial charge in [0.15, 0.2) is 0 Å². The molecule has 0 saturated carbocycles. The van der Waals surface area contributed by atoms with Gasteiger partial charge >= 0.3 is 0 Å². The van der Waals surface area contributed by atoms with E-state index in [9.17, 15) is 12.8 Å². The zero-order chi connectivity index (χ0) is 18.3. The van der Waals surface area contributed by atoms with Gasteiger partial charge < -0.3 is 0 Å². The summed E-state index contributed by atoms with van der Waals surface area (Å²) >= 11 is 7.58. The molecule has 26 heavy (non-hydrogen) atoms. The first kappa shape index (κ1) is 18.4. The average molecular weight is 415 g/mol. The van der Waals surface area contributed by atoms with Gasteiger partial charge in [-0.25, -0.2) is 12.8 Å². The van der Waals surface area contributed by atoms with Crippen LogP contribution in [0.2, 0.25) is 5.02 Å². The lowest BCUT2D eigenvalue weighted by Crippen LogP contribution is -2.47. The molecule has 0 amide bonds. The number of hydrogen-bond donors (Lipinski definition) is 0. The van der Waals surface area contributed by atoms with E-state index in [1.807, 2.05) is 11.3 Å².